The molecule has 4 atom stereocenters. The standard InChI is InChI=1S/C8H13NO5/c1-4(11)9-5-3-14-6(2-10)8(13)7(5)12/h3,5-8,10,12-13H,2H2,1H3/p+4/t5-,6+,7+,8+/m0/s1. The van der Waals surface area contributed by atoms with E-state index < -0.39 is 36.9 Å². The Morgan fingerprint density at radius 2 is 2.21 bits per heavy atom. The molecule has 1 fully saturated rings. The summed E-state index contributed by atoms with van der Waals surface area (Å²) in [5.41, 5.74) is 0. The van der Waals surface area contributed by atoms with E-state index in [0.29, 0.717) is 0 Å². The van der Waals surface area contributed by atoms with Crippen LogP contribution in [0.3, 0.4) is 0 Å². The molecule has 1 heterocycles. The van der Waals surface area contributed by atoms with E-state index in [1.165, 1.54) is 6.92 Å². The summed E-state index contributed by atoms with van der Waals surface area (Å²) < 4.78 is 4.89. The zero-order valence-corrected chi connectivity index (χ0v) is 7.70. The van der Waals surface area contributed by atoms with Crippen LogP contribution in [0, 0.1) is 6.61 Å². The number of hydrogen-bond donors (Lipinski definition) is 3. The fourth-order valence-corrected chi connectivity index (χ4v) is 1.23. The van der Waals surface area contributed by atoms with Crippen LogP contribution in [0.2, 0.25) is 0 Å². The molecule has 6 nitrogen and oxygen atoms in total. The molecule has 0 unspecified atom stereocenters. The first kappa shape index (κ1) is 11.3. The first-order valence-electron chi connectivity index (χ1n) is 4.23. The number of aliphatic hydroxyl groups excluding tert-OH is 3. The van der Waals surface area contributed by atoms with E-state index in [1.54, 1.807) is 0 Å². The van der Waals surface area contributed by atoms with Gasteiger partial charge in [0.05, 0.1) is 6.61 Å². The molecule has 0 bridgehead atoms. The predicted octanol–water partition coefficient (Wildman–Crippen LogP) is -2.14. The van der Waals surface area contributed by atoms with Gasteiger partial charge in [0.25, 0.3) is 6.61 Å². The lowest BCUT2D eigenvalue weighted by Crippen LogP contribution is -2.51. The fraction of sp³-hybridized carbons (Fsp3) is 0.750. The molecule has 0 aliphatic carbocycles. The molecule has 1 aliphatic heterocycles. The van der Waals surface area contributed by atoms with Crippen molar-refractivity contribution in [3.05, 3.63) is 6.61 Å². The van der Waals surface area contributed by atoms with Crippen LogP contribution in [0.5, 0.6) is 0 Å². The second-order valence-electron chi connectivity index (χ2n) is 3.11. The summed E-state index contributed by atoms with van der Waals surface area (Å²) in [6.45, 7) is 1.99. The Labute approximate surface area is 87.4 Å². The highest BCUT2D eigenvalue weighted by molar-refractivity contribution is 5.68. The molecule has 0 amide bonds. The average molecular weight is 207 g/mol. The van der Waals surface area contributed by atoms with E-state index in [2.05, 4.69) is 4.99 Å². The van der Waals surface area contributed by atoms with Gasteiger partial charge in [0.1, 0.15) is 12.2 Å². The lowest BCUT2D eigenvalue weighted by atomic mass is 9.99. The van der Waals surface area contributed by atoms with Gasteiger partial charge in [-0.2, -0.15) is 4.74 Å². The van der Waals surface area contributed by atoms with E-state index in [4.69, 9.17) is 9.84 Å². The Kier molecular flexibility index (Phi) is 3.70. The van der Waals surface area contributed by atoms with Crippen LogP contribution < -0.4 is 5.11 Å². The van der Waals surface area contributed by atoms with Crippen molar-refractivity contribution in [2.75, 3.05) is 6.61 Å². The van der Waals surface area contributed by atoms with Crippen molar-refractivity contribution in [1.82, 2.24) is 0 Å². The maximum absolute atomic E-state index is 10.6. The number of aliphatic imine (C=N–C) groups is 1. The molecule has 3 N–H and O–H groups in total. The van der Waals surface area contributed by atoms with Crippen LogP contribution in [0.25, 0.3) is 0 Å². The van der Waals surface area contributed by atoms with Gasteiger partial charge in [0, 0.05) is 0 Å². The highest BCUT2D eigenvalue weighted by atomic mass is 16.5. The number of ether oxygens (including phenoxy) is 1. The summed E-state index contributed by atoms with van der Waals surface area (Å²) in [7, 11) is 0. The maximum atomic E-state index is 10.6. The van der Waals surface area contributed by atoms with Gasteiger partial charge in [-0.3, -0.25) is 4.99 Å². The van der Waals surface area contributed by atoms with Crippen LogP contribution in [0.4, 0.5) is 0 Å². The fourth-order valence-electron chi connectivity index (χ4n) is 1.23. The van der Waals surface area contributed by atoms with Gasteiger partial charge in [-0.05, 0) is 12.8 Å². The Balaban J connectivity index is -0.000000245. The summed E-state index contributed by atoms with van der Waals surface area (Å²) in [6.07, 6.45) is -3.31. The predicted molar refractivity (Wildman–Crippen MR) is 49.6 cm³/mol. The zero-order valence-electron chi connectivity index (χ0n) is 11.7. The topological polar surface area (TPSA) is 105 Å². The van der Waals surface area contributed by atoms with Crippen molar-refractivity contribution in [2.24, 2.45) is 4.99 Å². The van der Waals surface area contributed by atoms with Crippen molar-refractivity contribution in [1.29, 1.82) is 0 Å². The third kappa shape index (κ3) is 2.36. The van der Waals surface area contributed by atoms with E-state index in [0.717, 1.165) is 6.61 Å². The maximum Gasteiger partial charge on any atom is 1.00 e. The third-order valence-corrected chi connectivity index (χ3v) is 1.98. The number of nitrogens with zero attached hydrogens (tertiary/aromatic N) is 1. The normalized spacial score (nSPS) is 39.3. The summed E-state index contributed by atoms with van der Waals surface area (Å²) in [4.78, 5) is 3.53. The molecule has 80 valence electrons. The number of rotatable bonds is 2. The Morgan fingerprint density at radius 1 is 1.57 bits per heavy atom. The molecule has 0 aromatic rings. The minimum absolute atomic E-state index is 0. The first-order valence-corrected chi connectivity index (χ1v) is 4.23. The lowest BCUT2D eigenvalue weighted by Gasteiger charge is -2.28. The van der Waals surface area contributed by atoms with Gasteiger partial charge in [-0.1, -0.05) is 0 Å². The minimum atomic E-state index is -1.24. The molecule has 14 heavy (non-hydrogen) atoms. The van der Waals surface area contributed by atoms with Crippen LogP contribution in [-0.2, 0) is 4.74 Å². The van der Waals surface area contributed by atoms with Crippen LogP contribution in [0.1, 0.15) is 12.6 Å². The molecule has 0 aromatic heterocycles. The highest BCUT2D eigenvalue weighted by Gasteiger charge is 2.44. The zero-order chi connectivity index (χ0) is 10.7. The van der Waals surface area contributed by atoms with Crippen molar-refractivity contribution >= 4 is 5.90 Å². The van der Waals surface area contributed by atoms with Crippen LogP contribution >= 0.6 is 0 Å². The molecule has 0 radical (unpaired) electrons. The second kappa shape index (κ2) is 4.61. The Bertz CT molecular complexity index is 230. The first-order chi connectivity index (χ1) is 6.56. The van der Waals surface area contributed by atoms with E-state index in [-0.39, 0.29) is 5.71 Å². The van der Waals surface area contributed by atoms with Crippen LogP contribution in [0.15, 0.2) is 4.99 Å². The monoisotopic (exact) mass is 207 g/mol. The summed E-state index contributed by atoms with van der Waals surface area (Å²) >= 11 is 0. The van der Waals surface area contributed by atoms with Crippen molar-refractivity contribution < 1.29 is 30.9 Å². The minimum Gasteiger partial charge on any atom is -0.862 e. The van der Waals surface area contributed by atoms with Gasteiger partial charge < -0.3 is 20.4 Å². The Morgan fingerprint density at radius 3 is 2.71 bits per heavy atom. The number of hydrogen-bond acceptors (Lipinski definition) is 6. The van der Waals surface area contributed by atoms with Crippen molar-refractivity contribution in [3.8, 4) is 0 Å². The van der Waals surface area contributed by atoms with Gasteiger partial charge in [0.15, 0.2) is 6.10 Å². The summed E-state index contributed by atoms with van der Waals surface area (Å²) in [6, 6.07) is -0.870. The lowest BCUT2D eigenvalue weighted by molar-refractivity contribution is -0.217. The van der Waals surface area contributed by atoms with E-state index >= 15 is 0 Å². The van der Waals surface area contributed by atoms with Gasteiger partial charge in [-0.25, -0.2) is 0 Å². The van der Waals surface area contributed by atoms with Gasteiger partial charge in [-0.15, -0.1) is 0 Å². The van der Waals surface area contributed by atoms with E-state index in [9.17, 15) is 15.3 Å². The van der Waals surface area contributed by atoms with Gasteiger partial charge in [0.2, 0.25) is 6.04 Å². The molecular weight excluding hydrogens is 190 g/mol. The molecule has 0 spiro atoms. The molecule has 0 saturated carbocycles. The van der Waals surface area contributed by atoms with Crippen molar-refractivity contribution in [3.63, 3.8) is 0 Å². The molecule has 1 rings (SSSR count). The van der Waals surface area contributed by atoms with Crippen LogP contribution in [-0.4, -0.2) is 52.2 Å². The van der Waals surface area contributed by atoms with Crippen molar-refractivity contribution in [2.45, 2.75) is 31.3 Å². The summed E-state index contributed by atoms with van der Waals surface area (Å²) in [5, 5.41) is 38.2. The Hall–Kier alpha value is -0.820. The largest absolute Gasteiger partial charge is 1.00 e. The quantitative estimate of drug-likeness (QED) is 0.272. The van der Waals surface area contributed by atoms with Gasteiger partial charge >= 0.3 is 5.71 Å². The molecular formula is C8H17NO5+4. The molecule has 1 saturated heterocycles. The molecule has 0 aromatic carbocycles. The molecule has 1 aliphatic rings. The highest BCUT2D eigenvalue weighted by Crippen LogP contribution is 2.20. The SMILES string of the molecule is CC([O-])=N[C@H]1[CH+]O[C@H](CO)[C@@H](O)[C@@H]1O.[H+].[H+].[H+].[H+]. The number of aliphatic hydroxyl groups is 3. The second-order valence-corrected chi connectivity index (χ2v) is 3.11. The average Bonchev–Trinajstić information content (AvgIpc) is 2.13. The molecule has 6 heteroatoms. The third-order valence-electron chi connectivity index (χ3n) is 1.98. The van der Waals surface area contributed by atoms with E-state index in [1.807, 2.05) is 0 Å². The smallest absolute Gasteiger partial charge is 0.862 e. The summed E-state index contributed by atoms with van der Waals surface area (Å²) in [5.74, 6) is -0.455.